The standard InChI is InChI=1S/C19H24FN3O2/c20-15-4-1-3-14(11-15)19(12-21,13-7-9-22-10-8-13)16-5-2-6-17(16)23-18(24)25/h1,3-4,11,13,16-17,22-23H,2,5-10H2,(H,24,25)/t16-,17-,19-/m0/s1. The topological polar surface area (TPSA) is 85.2 Å². The fourth-order valence-corrected chi connectivity index (χ4v) is 4.85. The van der Waals surface area contributed by atoms with Gasteiger partial charge in [0.1, 0.15) is 5.82 Å². The molecular weight excluding hydrogens is 321 g/mol. The molecule has 1 heterocycles. The second-order valence-corrected chi connectivity index (χ2v) is 7.11. The second kappa shape index (κ2) is 7.40. The monoisotopic (exact) mass is 345 g/mol. The molecule has 1 saturated carbocycles. The summed E-state index contributed by atoms with van der Waals surface area (Å²) in [5, 5.41) is 25.4. The number of piperidine rings is 1. The molecule has 1 aromatic rings. The molecule has 0 bridgehead atoms. The lowest BCUT2D eigenvalue weighted by molar-refractivity contribution is 0.153. The third-order valence-electron chi connectivity index (χ3n) is 5.88. The van der Waals surface area contributed by atoms with Crippen molar-refractivity contribution in [1.29, 1.82) is 5.26 Å². The molecule has 2 fully saturated rings. The molecule has 3 N–H and O–H groups in total. The van der Waals surface area contributed by atoms with Crippen molar-refractivity contribution >= 4 is 6.09 Å². The lowest BCUT2D eigenvalue weighted by Crippen LogP contribution is -2.51. The first-order valence-corrected chi connectivity index (χ1v) is 8.95. The van der Waals surface area contributed by atoms with Crippen molar-refractivity contribution in [2.24, 2.45) is 11.8 Å². The van der Waals surface area contributed by atoms with E-state index < -0.39 is 11.5 Å². The van der Waals surface area contributed by atoms with Crippen LogP contribution in [0.4, 0.5) is 9.18 Å². The summed E-state index contributed by atoms with van der Waals surface area (Å²) in [4.78, 5) is 11.2. The zero-order valence-corrected chi connectivity index (χ0v) is 14.2. The summed E-state index contributed by atoms with van der Waals surface area (Å²) in [5.41, 5.74) is -0.181. The van der Waals surface area contributed by atoms with Crippen LogP contribution in [0, 0.1) is 29.0 Å². The SMILES string of the molecule is N#C[C@@](c1cccc(F)c1)(C1CCNCC1)[C@H]1CCC[C@@H]1NC(=O)O. The van der Waals surface area contributed by atoms with Gasteiger partial charge in [-0.05, 0) is 62.4 Å². The van der Waals surface area contributed by atoms with Crippen LogP contribution in [0.1, 0.15) is 37.7 Å². The Morgan fingerprint density at radius 1 is 1.32 bits per heavy atom. The zero-order chi connectivity index (χ0) is 17.9. The summed E-state index contributed by atoms with van der Waals surface area (Å²) in [5.74, 6) is -0.410. The van der Waals surface area contributed by atoms with Gasteiger partial charge >= 0.3 is 6.09 Å². The van der Waals surface area contributed by atoms with Gasteiger partial charge in [-0.2, -0.15) is 5.26 Å². The first-order valence-electron chi connectivity index (χ1n) is 8.95. The number of halogens is 1. The number of hydrogen-bond acceptors (Lipinski definition) is 3. The maximum atomic E-state index is 14.0. The Bertz CT molecular complexity index is 669. The minimum atomic E-state index is -1.06. The van der Waals surface area contributed by atoms with Gasteiger partial charge in [0.15, 0.2) is 0 Å². The fraction of sp³-hybridized carbons (Fsp3) is 0.579. The van der Waals surface area contributed by atoms with Crippen molar-refractivity contribution in [2.75, 3.05) is 13.1 Å². The number of benzene rings is 1. The molecule has 1 aliphatic heterocycles. The van der Waals surface area contributed by atoms with Crippen LogP contribution in [0.25, 0.3) is 0 Å². The van der Waals surface area contributed by atoms with Crippen molar-refractivity contribution in [3.05, 3.63) is 35.6 Å². The Morgan fingerprint density at radius 3 is 2.72 bits per heavy atom. The molecule has 25 heavy (non-hydrogen) atoms. The highest BCUT2D eigenvalue weighted by Gasteiger charge is 2.52. The highest BCUT2D eigenvalue weighted by atomic mass is 19.1. The van der Waals surface area contributed by atoms with Gasteiger partial charge in [0.05, 0.1) is 11.5 Å². The molecule has 1 aliphatic carbocycles. The predicted octanol–water partition coefficient (Wildman–Crippen LogP) is 3.02. The Balaban J connectivity index is 2.07. The van der Waals surface area contributed by atoms with Crippen LogP contribution in [-0.4, -0.2) is 30.3 Å². The summed E-state index contributed by atoms with van der Waals surface area (Å²) >= 11 is 0. The molecular formula is C19H24FN3O2. The Morgan fingerprint density at radius 2 is 2.08 bits per heavy atom. The molecule has 3 atom stereocenters. The summed E-state index contributed by atoms with van der Waals surface area (Å²) in [6.07, 6.45) is 2.98. The number of nitriles is 1. The molecule has 0 spiro atoms. The van der Waals surface area contributed by atoms with Gasteiger partial charge in [0.2, 0.25) is 0 Å². The molecule has 1 amide bonds. The quantitative estimate of drug-likeness (QED) is 0.783. The first-order chi connectivity index (χ1) is 12.1. The predicted molar refractivity (Wildman–Crippen MR) is 91.6 cm³/mol. The van der Waals surface area contributed by atoms with Gasteiger partial charge in [0, 0.05) is 12.0 Å². The van der Waals surface area contributed by atoms with Gasteiger partial charge in [-0.25, -0.2) is 9.18 Å². The summed E-state index contributed by atoms with van der Waals surface area (Å²) in [7, 11) is 0. The maximum Gasteiger partial charge on any atom is 0.404 e. The molecule has 134 valence electrons. The van der Waals surface area contributed by atoms with E-state index in [0.29, 0.717) is 5.56 Å². The second-order valence-electron chi connectivity index (χ2n) is 7.11. The number of nitrogens with zero attached hydrogens (tertiary/aromatic N) is 1. The number of rotatable bonds is 4. The van der Waals surface area contributed by atoms with Crippen LogP contribution < -0.4 is 10.6 Å². The Kier molecular flexibility index (Phi) is 5.24. The summed E-state index contributed by atoms with van der Waals surface area (Å²) in [6, 6.07) is 8.59. The highest BCUT2D eigenvalue weighted by molar-refractivity contribution is 5.65. The molecule has 0 unspecified atom stereocenters. The van der Waals surface area contributed by atoms with Crippen molar-refractivity contribution in [2.45, 2.75) is 43.6 Å². The van der Waals surface area contributed by atoms with Crippen molar-refractivity contribution < 1.29 is 14.3 Å². The average molecular weight is 345 g/mol. The highest BCUT2D eigenvalue weighted by Crippen LogP contribution is 2.49. The van der Waals surface area contributed by atoms with Crippen LogP contribution in [0.15, 0.2) is 24.3 Å². The van der Waals surface area contributed by atoms with E-state index in [0.717, 1.165) is 45.2 Å². The molecule has 2 aliphatic rings. The molecule has 1 aromatic carbocycles. The van der Waals surface area contributed by atoms with E-state index in [2.05, 4.69) is 16.7 Å². The van der Waals surface area contributed by atoms with Crippen LogP contribution >= 0.6 is 0 Å². The first kappa shape index (κ1) is 17.7. The van der Waals surface area contributed by atoms with Crippen LogP contribution in [0.5, 0.6) is 0 Å². The van der Waals surface area contributed by atoms with Gasteiger partial charge in [-0.3, -0.25) is 0 Å². The molecule has 0 radical (unpaired) electrons. The van der Waals surface area contributed by atoms with E-state index >= 15 is 0 Å². The van der Waals surface area contributed by atoms with Crippen molar-refractivity contribution in [3.63, 3.8) is 0 Å². The van der Waals surface area contributed by atoms with Gasteiger partial charge in [0.25, 0.3) is 0 Å². The number of amides is 1. The fourth-order valence-electron chi connectivity index (χ4n) is 4.85. The molecule has 6 heteroatoms. The maximum absolute atomic E-state index is 14.0. The molecule has 1 saturated heterocycles. The van der Waals surface area contributed by atoms with E-state index in [1.807, 2.05) is 6.07 Å². The lowest BCUT2D eigenvalue weighted by atomic mass is 9.59. The summed E-state index contributed by atoms with van der Waals surface area (Å²) < 4.78 is 14.0. The smallest absolute Gasteiger partial charge is 0.404 e. The van der Waals surface area contributed by atoms with Gasteiger partial charge in [-0.15, -0.1) is 0 Å². The van der Waals surface area contributed by atoms with Crippen LogP contribution in [0.3, 0.4) is 0 Å². The normalized spacial score (nSPS) is 26.6. The van der Waals surface area contributed by atoms with Crippen LogP contribution in [0.2, 0.25) is 0 Å². The third kappa shape index (κ3) is 3.34. The lowest BCUT2D eigenvalue weighted by Gasteiger charge is -2.44. The largest absolute Gasteiger partial charge is 0.465 e. The number of hydrogen-bond donors (Lipinski definition) is 3. The molecule has 5 nitrogen and oxygen atoms in total. The van der Waals surface area contributed by atoms with Crippen molar-refractivity contribution in [3.8, 4) is 6.07 Å². The van der Waals surface area contributed by atoms with E-state index in [-0.39, 0.29) is 23.7 Å². The number of carbonyl (C=O) groups is 1. The number of carboxylic acid groups (broad SMARTS) is 1. The Hall–Kier alpha value is -2.13. The zero-order valence-electron chi connectivity index (χ0n) is 14.2. The minimum absolute atomic E-state index is 0.0849. The van der Waals surface area contributed by atoms with Crippen molar-refractivity contribution in [1.82, 2.24) is 10.6 Å². The van der Waals surface area contributed by atoms with Gasteiger partial charge < -0.3 is 15.7 Å². The van der Waals surface area contributed by atoms with Crippen LogP contribution in [-0.2, 0) is 5.41 Å². The Labute approximate surface area is 147 Å². The molecule has 3 rings (SSSR count). The van der Waals surface area contributed by atoms with E-state index in [1.54, 1.807) is 6.07 Å². The third-order valence-corrected chi connectivity index (χ3v) is 5.88. The summed E-state index contributed by atoms with van der Waals surface area (Å²) in [6.45, 7) is 1.65. The molecule has 0 aromatic heterocycles. The average Bonchev–Trinajstić information content (AvgIpc) is 3.05. The van der Waals surface area contributed by atoms with E-state index in [4.69, 9.17) is 0 Å². The van der Waals surface area contributed by atoms with E-state index in [1.165, 1.54) is 12.1 Å². The minimum Gasteiger partial charge on any atom is -0.465 e. The van der Waals surface area contributed by atoms with Gasteiger partial charge in [-0.1, -0.05) is 18.6 Å². The van der Waals surface area contributed by atoms with E-state index in [9.17, 15) is 19.6 Å². The number of nitrogens with one attached hydrogen (secondary N) is 2.